The van der Waals surface area contributed by atoms with Crippen LogP contribution >= 0.6 is 0 Å². The third-order valence-electron chi connectivity index (χ3n) is 1.91. The Bertz CT molecular complexity index is 494. The predicted molar refractivity (Wildman–Crippen MR) is 55.7 cm³/mol. The van der Waals surface area contributed by atoms with Gasteiger partial charge < -0.3 is 11.6 Å². The average Bonchev–Trinajstić information content (AvgIpc) is 2.18. The molecule has 0 aliphatic heterocycles. The Hall–Kier alpha value is 0.610. The van der Waals surface area contributed by atoms with E-state index in [-0.39, 0.29) is 62.0 Å². The van der Waals surface area contributed by atoms with Crippen molar-refractivity contribution in [2.75, 3.05) is 0 Å². The van der Waals surface area contributed by atoms with E-state index in [4.69, 9.17) is 0 Å². The van der Waals surface area contributed by atoms with Gasteiger partial charge in [-0.15, -0.1) is 0 Å². The zero-order chi connectivity index (χ0) is 9.97. The molecule has 0 spiro atoms. The number of hydrogen-bond acceptors (Lipinski definition) is 3. The summed E-state index contributed by atoms with van der Waals surface area (Å²) in [6, 6.07) is 12.7. The molecule has 0 radical (unpaired) electrons. The largest absolute Gasteiger partial charge is 1.00 e. The second-order valence-electron chi connectivity index (χ2n) is 2.76. The van der Waals surface area contributed by atoms with Crippen molar-refractivity contribution in [3.05, 3.63) is 42.5 Å². The van der Waals surface area contributed by atoms with Gasteiger partial charge >= 0.3 is 59.1 Å². The summed E-state index contributed by atoms with van der Waals surface area (Å²) in [4.78, 5) is 0. The predicted octanol–water partition coefficient (Wildman–Crippen LogP) is -3.75. The van der Waals surface area contributed by atoms with E-state index in [0.29, 0.717) is 5.75 Å². The molecule has 0 aliphatic rings. The van der Waals surface area contributed by atoms with E-state index in [0.717, 1.165) is 10.8 Å². The molecule has 0 aromatic heterocycles. The molecular weight excluding hydrogens is 246 g/mol. The standard InChI is InChI=1S/C10H8O3S.2Na.2H/c11-14(12)13-10-7-3-5-8-4-1-2-6-9(8)10;;;;/h1-7H,(H,11,12);;;;/q;2*+1;2*-1/p-1. The molecular formula is C10H9Na2O3S-. The van der Waals surface area contributed by atoms with Crippen LogP contribution < -0.4 is 63.3 Å². The van der Waals surface area contributed by atoms with Crippen LogP contribution in [0.4, 0.5) is 0 Å². The van der Waals surface area contributed by atoms with Gasteiger partial charge in [0.2, 0.25) is 0 Å². The topological polar surface area (TPSA) is 49.4 Å². The normalized spacial score (nSPS) is 11.1. The van der Waals surface area contributed by atoms with Crippen LogP contribution in [0.1, 0.15) is 2.85 Å². The summed E-state index contributed by atoms with van der Waals surface area (Å²) in [5.74, 6) is 0.358. The Labute approximate surface area is 144 Å². The fourth-order valence-corrected chi connectivity index (χ4v) is 1.63. The van der Waals surface area contributed by atoms with Crippen LogP contribution in [0, 0.1) is 0 Å². The van der Waals surface area contributed by atoms with Crippen molar-refractivity contribution < 1.29 is 74.9 Å². The van der Waals surface area contributed by atoms with Gasteiger partial charge in [-0.25, -0.2) is 4.21 Å². The maximum absolute atomic E-state index is 10.4. The van der Waals surface area contributed by atoms with Crippen LogP contribution in [0.3, 0.4) is 0 Å². The van der Waals surface area contributed by atoms with E-state index < -0.39 is 11.4 Å². The minimum absolute atomic E-state index is 0. The van der Waals surface area contributed by atoms with E-state index >= 15 is 0 Å². The molecule has 1 unspecified atom stereocenters. The number of hydrogen-bond donors (Lipinski definition) is 0. The summed E-state index contributed by atoms with van der Waals surface area (Å²) in [6.45, 7) is 0. The van der Waals surface area contributed by atoms with Crippen molar-refractivity contribution in [1.82, 2.24) is 0 Å². The van der Waals surface area contributed by atoms with Crippen LogP contribution in [0.5, 0.6) is 5.75 Å². The van der Waals surface area contributed by atoms with Gasteiger partial charge in [0, 0.05) is 5.39 Å². The molecule has 6 heteroatoms. The van der Waals surface area contributed by atoms with E-state index in [9.17, 15) is 8.76 Å². The molecule has 0 amide bonds. The molecule has 0 saturated carbocycles. The first-order chi connectivity index (χ1) is 6.77. The van der Waals surface area contributed by atoms with Crippen molar-refractivity contribution in [3.63, 3.8) is 0 Å². The molecule has 0 N–H and O–H groups in total. The molecule has 76 valence electrons. The average molecular weight is 255 g/mol. The van der Waals surface area contributed by atoms with Crippen LogP contribution in [0.2, 0.25) is 0 Å². The SMILES string of the molecule is O=S([O-])Oc1cccc2ccccc12.[H-].[H-].[Na+].[Na+]. The quantitative estimate of drug-likeness (QED) is 0.409. The number of benzene rings is 2. The zero-order valence-corrected chi connectivity index (χ0v) is 14.0. The van der Waals surface area contributed by atoms with Crippen LogP contribution in [-0.2, 0) is 11.4 Å². The van der Waals surface area contributed by atoms with E-state index in [1.807, 2.05) is 30.3 Å². The van der Waals surface area contributed by atoms with Crippen LogP contribution in [0.25, 0.3) is 10.8 Å². The Balaban J connectivity index is -0.000000562. The maximum Gasteiger partial charge on any atom is 1.00 e. The monoisotopic (exact) mass is 255 g/mol. The molecule has 0 aliphatic carbocycles. The summed E-state index contributed by atoms with van der Waals surface area (Å²) < 4.78 is 25.4. The first kappa shape index (κ1) is 16.6. The second-order valence-corrected chi connectivity index (χ2v) is 3.34. The van der Waals surface area contributed by atoms with E-state index in [1.54, 1.807) is 12.1 Å². The van der Waals surface area contributed by atoms with Gasteiger partial charge in [-0.3, -0.25) is 0 Å². The van der Waals surface area contributed by atoms with E-state index in [1.165, 1.54) is 0 Å². The molecule has 2 rings (SSSR count). The number of fused-ring (bicyclic) bond motifs is 1. The molecule has 3 nitrogen and oxygen atoms in total. The smallest absolute Gasteiger partial charge is 1.00 e. The van der Waals surface area contributed by atoms with Gasteiger partial charge in [0.05, 0.1) is 0 Å². The Morgan fingerprint density at radius 3 is 2.38 bits per heavy atom. The molecule has 2 aromatic carbocycles. The summed E-state index contributed by atoms with van der Waals surface area (Å²) in [5, 5.41) is 1.75. The first-order valence-corrected chi connectivity index (χ1v) is 5.03. The molecule has 0 fully saturated rings. The van der Waals surface area contributed by atoms with Crippen molar-refractivity contribution in [2.24, 2.45) is 0 Å². The molecule has 0 saturated heterocycles. The minimum Gasteiger partial charge on any atom is -1.00 e. The van der Waals surface area contributed by atoms with Crippen molar-refractivity contribution >= 4 is 22.1 Å². The number of rotatable bonds is 2. The third-order valence-corrected chi connectivity index (χ3v) is 2.22. The van der Waals surface area contributed by atoms with Gasteiger partial charge in [0.25, 0.3) is 0 Å². The van der Waals surface area contributed by atoms with Gasteiger partial charge in [-0.2, -0.15) is 0 Å². The molecule has 1 atom stereocenters. The second kappa shape index (κ2) is 7.84. The Morgan fingerprint density at radius 1 is 1.06 bits per heavy atom. The van der Waals surface area contributed by atoms with E-state index in [2.05, 4.69) is 4.18 Å². The zero-order valence-electron chi connectivity index (χ0n) is 11.2. The third kappa shape index (κ3) is 4.13. The molecule has 2 aromatic rings. The van der Waals surface area contributed by atoms with Gasteiger partial charge in [0.1, 0.15) is 17.1 Å². The van der Waals surface area contributed by atoms with Crippen molar-refractivity contribution in [2.45, 2.75) is 0 Å². The molecule has 16 heavy (non-hydrogen) atoms. The summed E-state index contributed by atoms with van der Waals surface area (Å²) in [5.41, 5.74) is 0. The fraction of sp³-hybridized carbons (Fsp3) is 0. The maximum atomic E-state index is 10.4. The summed E-state index contributed by atoms with van der Waals surface area (Å²) in [7, 11) is 0. The molecule has 0 bridgehead atoms. The van der Waals surface area contributed by atoms with Crippen LogP contribution in [-0.4, -0.2) is 8.76 Å². The van der Waals surface area contributed by atoms with Gasteiger partial charge in [0.15, 0.2) is 0 Å². The Kier molecular flexibility index (Phi) is 8.14. The Morgan fingerprint density at radius 2 is 1.69 bits per heavy atom. The van der Waals surface area contributed by atoms with Crippen molar-refractivity contribution in [3.8, 4) is 5.75 Å². The van der Waals surface area contributed by atoms with Gasteiger partial charge in [-0.05, 0) is 11.5 Å². The van der Waals surface area contributed by atoms with Crippen LogP contribution in [0.15, 0.2) is 42.5 Å². The van der Waals surface area contributed by atoms with Gasteiger partial charge in [-0.1, -0.05) is 36.4 Å². The first-order valence-electron chi connectivity index (χ1n) is 4.03. The fourth-order valence-electron chi connectivity index (χ4n) is 1.34. The summed E-state index contributed by atoms with van der Waals surface area (Å²) >= 11 is -2.52. The summed E-state index contributed by atoms with van der Waals surface area (Å²) in [6.07, 6.45) is 0. The minimum atomic E-state index is -2.52. The molecule has 0 heterocycles. The van der Waals surface area contributed by atoms with Crippen molar-refractivity contribution in [1.29, 1.82) is 0 Å².